The highest BCUT2D eigenvalue weighted by atomic mass is 32.2. The number of sulfonamides is 1. The summed E-state index contributed by atoms with van der Waals surface area (Å²) in [7, 11) is 1.02. The Hall–Kier alpha value is -3.72. The van der Waals surface area contributed by atoms with Crippen LogP contribution in [0.25, 0.3) is 0 Å². The summed E-state index contributed by atoms with van der Waals surface area (Å²) >= 11 is 0. The number of likely N-dealkylation sites (N-methyl/N-ethyl adjacent to an activating group) is 1. The van der Waals surface area contributed by atoms with Crippen LogP contribution in [0.3, 0.4) is 0 Å². The van der Waals surface area contributed by atoms with Crippen molar-refractivity contribution in [3.05, 3.63) is 83.9 Å². The summed E-state index contributed by atoms with van der Waals surface area (Å²) in [4.78, 5) is 14.4. The lowest BCUT2D eigenvalue weighted by atomic mass is 10.2. The van der Waals surface area contributed by atoms with E-state index in [1.165, 1.54) is 4.90 Å². The monoisotopic (exact) mass is 498 g/mol. The van der Waals surface area contributed by atoms with Crippen molar-refractivity contribution < 1.29 is 27.4 Å². The fourth-order valence-electron chi connectivity index (χ4n) is 3.43. The Labute approximate surface area is 206 Å². The summed E-state index contributed by atoms with van der Waals surface area (Å²) in [6.45, 7) is 0.352. The van der Waals surface area contributed by atoms with Crippen LogP contribution in [0.2, 0.25) is 0 Å². The molecule has 3 aromatic carbocycles. The molecular formula is C26H30N2O6S. The molecular weight excluding hydrogens is 468 g/mol. The van der Waals surface area contributed by atoms with Gasteiger partial charge in [-0.05, 0) is 47.5 Å². The number of nitrogens with zero attached hydrogens (tertiary/aromatic N) is 2. The maximum absolute atomic E-state index is 12.9. The van der Waals surface area contributed by atoms with Crippen molar-refractivity contribution in [2.45, 2.75) is 13.2 Å². The number of ether oxygens (including phenoxy) is 3. The van der Waals surface area contributed by atoms with E-state index in [-0.39, 0.29) is 19.0 Å². The lowest BCUT2D eigenvalue weighted by molar-refractivity contribution is -0.128. The second kappa shape index (κ2) is 11.6. The molecule has 3 rings (SSSR count). The number of carbonyl (C=O) groups excluding carboxylic acids is 1. The number of hydrogen-bond acceptors (Lipinski definition) is 6. The van der Waals surface area contributed by atoms with Gasteiger partial charge in [0.1, 0.15) is 18.9 Å². The lowest BCUT2D eigenvalue weighted by Gasteiger charge is -2.25. The Morgan fingerprint density at radius 2 is 1.51 bits per heavy atom. The van der Waals surface area contributed by atoms with Gasteiger partial charge < -0.3 is 19.1 Å². The van der Waals surface area contributed by atoms with Crippen molar-refractivity contribution in [3.63, 3.8) is 0 Å². The van der Waals surface area contributed by atoms with Crippen molar-refractivity contribution in [2.75, 3.05) is 38.4 Å². The number of amides is 1. The van der Waals surface area contributed by atoms with E-state index in [0.717, 1.165) is 21.7 Å². The van der Waals surface area contributed by atoms with Crippen LogP contribution in [0.15, 0.2) is 72.8 Å². The van der Waals surface area contributed by atoms with Crippen LogP contribution in [0, 0.1) is 0 Å². The Morgan fingerprint density at radius 3 is 2.11 bits per heavy atom. The van der Waals surface area contributed by atoms with E-state index in [2.05, 4.69) is 0 Å². The van der Waals surface area contributed by atoms with Gasteiger partial charge in [-0.15, -0.1) is 0 Å². The van der Waals surface area contributed by atoms with Gasteiger partial charge in [0.05, 0.1) is 26.2 Å². The largest absolute Gasteiger partial charge is 0.493 e. The maximum atomic E-state index is 12.9. The van der Waals surface area contributed by atoms with E-state index >= 15 is 0 Å². The Bertz CT molecular complexity index is 1230. The van der Waals surface area contributed by atoms with E-state index in [0.29, 0.717) is 29.5 Å². The van der Waals surface area contributed by atoms with Crippen LogP contribution in [-0.2, 0) is 28.0 Å². The fraction of sp³-hybridized carbons (Fsp3) is 0.269. The number of anilines is 1. The van der Waals surface area contributed by atoms with Gasteiger partial charge in [-0.3, -0.25) is 9.10 Å². The normalized spacial score (nSPS) is 11.0. The highest BCUT2D eigenvalue weighted by molar-refractivity contribution is 7.92. The quantitative estimate of drug-likeness (QED) is 0.401. The summed E-state index contributed by atoms with van der Waals surface area (Å²) in [5.41, 5.74) is 2.23. The molecule has 0 fully saturated rings. The standard InChI is InChI=1S/C26H30N2O6S/c1-27(17-21-10-15-24(32-2)25(16-21)33-3)26(29)18-28(35(4,30)31)22-11-13-23(14-12-22)34-19-20-8-6-5-7-9-20/h5-16H,17-19H2,1-4H3. The van der Waals surface area contributed by atoms with Gasteiger partial charge in [0.2, 0.25) is 15.9 Å². The minimum Gasteiger partial charge on any atom is -0.493 e. The maximum Gasteiger partial charge on any atom is 0.243 e. The highest BCUT2D eigenvalue weighted by Crippen LogP contribution is 2.28. The molecule has 0 saturated carbocycles. The van der Waals surface area contributed by atoms with Crippen LogP contribution >= 0.6 is 0 Å². The SMILES string of the molecule is COc1ccc(CN(C)C(=O)CN(c2ccc(OCc3ccccc3)cc2)S(C)(=O)=O)cc1OC. The van der Waals surface area contributed by atoms with E-state index in [1.54, 1.807) is 57.7 Å². The van der Waals surface area contributed by atoms with Gasteiger partial charge in [-0.25, -0.2) is 8.42 Å². The molecule has 186 valence electrons. The van der Waals surface area contributed by atoms with Crippen LogP contribution in [0.4, 0.5) is 5.69 Å². The van der Waals surface area contributed by atoms with Gasteiger partial charge in [0.15, 0.2) is 11.5 Å². The van der Waals surface area contributed by atoms with E-state index in [1.807, 2.05) is 36.4 Å². The van der Waals surface area contributed by atoms with Crippen molar-refractivity contribution >= 4 is 21.6 Å². The molecule has 0 bridgehead atoms. The van der Waals surface area contributed by atoms with Gasteiger partial charge in [0, 0.05) is 13.6 Å². The topological polar surface area (TPSA) is 85.4 Å². The third-order valence-electron chi connectivity index (χ3n) is 5.35. The number of carbonyl (C=O) groups is 1. The Balaban J connectivity index is 1.67. The van der Waals surface area contributed by atoms with Gasteiger partial charge in [-0.1, -0.05) is 36.4 Å². The van der Waals surface area contributed by atoms with Crippen molar-refractivity contribution in [1.29, 1.82) is 0 Å². The van der Waals surface area contributed by atoms with Gasteiger partial charge in [-0.2, -0.15) is 0 Å². The van der Waals surface area contributed by atoms with Crippen LogP contribution < -0.4 is 18.5 Å². The summed E-state index contributed by atoms with van der Waals surface area (Å²) < 4.78 is 42.4. The Kier molecular flexibility index (Phi) is 8.59. The summed E-state index contributed by atoms with van der Waals surface area (Å²) in [6, 6.07) is 21.7. The molecule has 0 atom stereocenters. The molecule has 0 spiro atoms. The molecule has 0 heterocycles. The first-order valence-corrected chi connectivity index (χ1v) is 12.8. The molecule has 0 aliphatic rings. The van der Waals surface area contributed by atoms with Crippen LogP contribution in [0.5, 0.6) is 17.2 Å². The molecule has 0 aliphatic heterocycles. The molecule has 0 saturated heterocycles. The summed E-state index contributed by atoms with van der Waals surface area (Å²) in [5.74, 6) is 1.39. The molecule has 3 aromatic rings. The molecule has 0 aromatic heterocycles. The van der Waals surface area contributed by atoms with Gasteiger partial charge >= 0.3 is 0 Å². The fourth-order valence-corrected chi connectivity index (χ4v) is 4.28. The first-order valence-electron chi connectivity index (χ1n) is 10.9. The third-order valence-corrected chi connectivity index (χ3v) is 6.49. The molecule has 0 radical (unpaired) electrons. The molecule has 0 N–H and O–H groups in total. The summed E-state index contributed by atoms with van der Waals surface area (Å²) in [6.07, 6.45) is 1.08. The second-order valence-corrected chi connectivity index (χ2v) is 9.88. The van der Waals surface area contributed by atoms with Gasteiger partial charge in [0.25, 0.3) is 0 Å². The number of hydrogen-bond donors (Lipinski definition) is 0. The predicted molar refractivity (Wildman–Crippen MR) is 135 cm³/mol. The van der Waals surface area contributed by atoms with Crippen LogP contribution in [0.1, 0.15) is 11.1 Å². The van der Waals surface area contributed by atoms with Crippen molar-refractivity contribution in [1.82, 2.24) is 4.90 Å². The zero-order chi connectivity index (χ0) is 25.4. The molecule has 1 amide bonds. The highest BCUT2D eigenvalue weighted by Gasteiger charge is 2.23. The first kappa shape index (κ1) is 25.9. The number of benzene rings is 3. The molecule has 9 heteroatoms. The Morgan fingerprint density at radius 1 is 0.857 bits per heavy atom. The predicted octanol–water partition coefficient (Wildman–Crippen LogP) is 3.71. The van der Waals surface area contributed by atoms with Crippen molar-refractivity contribution in [2.24, 2.45) is 0 Å². The summed E-state index contributed by atoms with van der Waals surface area (Å²) in [5, 5.41) is 0. The molecule has 35 heavy (non-hydrogen) atoms. The van der Waals surface area contributed by atoms with Crippen LogP contribution in [-0.4, -0.2) is 53.3 Å². The lowest BCUT2D eigenvalue weighted by Crippen LogP contribution is -2.41. The average molecular weight is 499 g/mol. The smallest absolute Gasteiger partial charge is 0.243 e. The van der Waals surface area contributed by atoms with Crippen molar-refractivity contribution in [3.8, 4) is 17.2 Å². The molecule has 0 unspecified atom stereocenters. The zero-order valence-corrected chi connectivity index (χ0v) is 21.1. The van der Waals surface area contributed by atoms with E-state index < -0.39 is 10.0 Å². The zero-order valence-electron chi connectivity index (χ0n) is 20.3. The van der Waals surface area contributed by atoms with E-state index in [4.69, 9.17) is 14.2 Å². The first-order chi connectivity index (χ1) is 16.7. The average Bonchev–Trinajstić information content (AvgIpc) is 2.86. The third kappa shape index (κ3) is 7.13. The minimum absolute atomic E-state index is 0.281. The molecule has 8 nitrogen and oxygen atoms in total. The minimum atomic E-state index is -3.70. The number of rotatable bonds is 11. The number of methoxy groups -OCH3 is 2. The molecule has 0 aliphatic carbocycles. The van der Waals surface area contributed by atoms with E-state index in [9.17, 15) is 13.2 Å². The second-order valence-electron chi connectivity index (χ2n) is 7.98.